The van der Waals surface area contributed by atoms with Crippen LogP contribution in [-0.4, -0.2) is 112 Å². The first-order valence-corrected chi connectivity index (χ1v) is 15.6. The fourth-order valence-electron chi connectivity index (χ4n) is 4.61. The molecule has 2 aromatic rings. The van der Waals surface area contributed by atoms with Crippen LogP contribution in [-0.2, 0) is 32.0 Å². The van der Waals surface area contributed by atoms with E-state index in [1.807, 2.05) is 0 Å². The van der Waals surface area contributed by atoms with Crippen molar-refractivity contribution in [2.24, 2.45) is 5.92 Å². The predicted octanol–water partition coefficient (Wildman–Crippen LogP) is -9.60. The number of phosphoric acid groups is 2. The summed E-state index contributed by atoms with van der Waals surface area (Å²) in [5.74, 6) is -1.63. The number of nitrogens with one attached hydrogen (secondary N) is 1. The topological polar surface area (TPSA) is 324 Å². The molecule has 5 heterocycles. The van der Waals surface area contributed by atoms with Crippen molar-refractivity contribution in [2.75, 3.05) is 18.9 Å². The zero-order valence-corrected chi connectivity index (χ0v) is 30.0. The molecule has 3 aliphatic heterocycles. The van der Waals surface area contributed by atoms with Crippen molar-refractivity contribution in [3.8, 4) is 0 Å². The molecule has 8 N–H and O–H groups in total. The van der Waals surface area contributed by atoms with Gasteiger partial charge in [-0.25, -0.2) is 23.8 Å². The second-order valence-electron chi connectivity index (χ2n) is 9.78. The van der Waals surface area contributed by atoms with Gasteiger partial charge in [0, 0.05) is 18.3 Å². The van der Waals surface area contributed by atoms with E-state index in [9.17, 15) is 44.4 Å². The van der Waals surface area contributed by atoms with E-state index >= 15 is 0 Å². The van der Waals surface area contributed by atoms with Crippen LogP contribution in [0.2, 0.25) is 0 Å². The van der Waals surface area contributed by atoms with Gasteiger partial charge in [-0.05, 0) is 5.90 Å². The summed E-state index contributed by atoms with van der Waals surface area (Å²) in [5, 5.41) is 59.8. The Balaban J connectivity index is 0.00000288. The van der Waals surface area contributed by atoms with Gasteiger partial charge in [-0.3, -0.25) is 13.7 Å². The summed E-state index contributed by atoms with van der Waals surface area (Å²) in [5.41, 5.74) is 6.09. The van der Waals surface area contributed by atoms with Crippen LogP contribution in [0.4, 0.5) is 5.82 Å². The summed E-state index contributed by atoms with van der Waals surface area (Å²) < 4.78 is 50.3. The van der Waals surface area contributed by atoms with Crippen LogP contribution in [0, 0.1) is 11.3 Å². The summed E-state index contributed by atoms with van der Waals surface area (Å²) in [4.78, 5) is 35.4. The molecule has 5 rings (SSSR count). The summed E-state index contributed by atoms with van der Waals surface area (Å²) >= 11 is 0. The Labute approximate surface area is 303 Å². The van der Waals surface area contributed by atoms with Crippen LogP contribution in [0.5, 0.6) is 0 Å². The number of aliphatic hydroxyl groups excluding tert-OH is 4. The van der Waals surface area contributed by atoms with Crippen molar-refractivity contribution in [3.63, 3.8) is 0 Å². The van der Waals surface area contributed by atoms with E-state index in [2.05, 4.69) is 28.3 Å². The first-order chi connectivity index (χ1) is 20.7. The molecule has 25 heteroatoms. The van der Waals surface area contributed by atoms with Crippen LogP contribution >= 0.6 is 15.6 Å². The third-order valence-electron chi connectivity index (χ3n) is 6.87. The molecule has 2 fully saturated rings. The quantitative estimate of drug-likeness (QED) is 0.0493. The second-order valence-corrected chi connectivity index (χ2v) is 12.8. The number of ether oxygens (including phenoxy) is 2. The molecule has 0 radical (unpaired) electrons. The molecule has 0 bridgehead atoms. The Hall–Kier alpha value is -0.880. The Morgan fingerprint density at radius 2 is 1.52 bits per heavy atom. The molecule has 0 saturated carbocycles. The van der Waals surface area contributed by atoms with E-state index in [4.69, 9.17) is 20.6 Å². The molecule has 0 aromatic carbocycles. The Morgan fingerprint density at radius 1 is 0.957 bits per heavy atom. The number of phosphoric ester groups is 2. The SMILES string of the molecule is N=C([O-])C1C=CN([C@@H]2O[C@H](COP(=O)([O-])OP(=O)(O)OC[C@H]3O[C@@H](n4cnc5c(N)ncnc54)[C@H](O)[C@@H]3O)[C@H](O)[C@@H]2O)C=C1.[Na+].[Na+]. The maximum atomic E-state index is 12.4. The van der Waals surface area contributed by atoms with Crippen molar-refractivity contribution >= 4 is 38.5 Å². The molecule has 0 amide bonds. The number of nitrogens with two attached hydrogens (primary N) is 1. The van der Waals surface area contributed by atoms with Crippen molar-refractivity contribution in [2.45, 2.75) is 49.1 Å². The smallest absolute Gasteiger partial charge is 0.862 e. The zero-order valence-electron chi connectivity index (χ0n) is 24.2. The number of fused-ring (bicyclic) bond motifs is 1. The minimum atomic E-state index is -5.61. The summed E-state index contributed by atoms with van der Waals surface area (Å²) in [6, 6.07) is 0. The minimum Gasteiger partial charge on any atom is -0.862 e. The fraction of sp³-hybridized carbons (Fsp3) is 0.524. The number of nitrogens with zero attached hydrogens (tertiary/aromatic N) is 5. The molecule has 2 aromatic heterocycles. The molecule has 21 nitrogen and oxygen atoms in total. The van der Waals surface area contributed by atoms with E-state index in [0.717, 1.165) is 6.33 Å². The van der Waals surface area contributed by atoms with E-state index < -0.39 is 89.8 Å². The van der Waals surface area contributed by atoms with Gasteiger partial charge in [-0.2, -0.15) is 0 Å². The van der Waals surface area contributed by atoms with Gasteiger partial charge in [-0.15, -0.1) is 0 Å². The van der Waals surface area contributed by atoms with Gasteiger partial charge >= 0.3 is 66.9 Å². The number of rotatable bonds is 11. The van der Waals surface area contributed by atoms with E-state index in [1.165, 1.54) is 40.3 Å². The number of imidazole rings is 1. The van der Waals surface area contributed by atoms with Gasteiger partial charge in [0.2, 0.25) is 0 Å². The van der Waals surface area contributed by atoms with Crippen LogP contribution in [0.3, 0.4) is 0 Å². The normalized spacial score (nSPS) is 32.1. The molecule has 0 aliphatic carbocycles. The van der Waals surface area contributed by atoms with Crippen molar-refractivity contribution in [1.82, 2.24) is 24.4 Å². The second kappa shape index (κ2) is 15.8. The van der Waals surface area contributed by atoms with E-state index in [1.54, 1.807) is 0 Å². The molecule has 2 saturated heterocycles. The van der Waals surface area contributed by atoms with Crippen molar-refractivity contribution < 1.29 is 126 Å². The maximum Gasteiger partial charge on any atom is 1.00 e. The van der Waals surface area contributed by atoms with Gasteiger partial charge in [0.15, 0.2) is 23.9 Å². The number of hydrogen-bond acceptors (Lipinski definition) is 19. The largest absolute Gasteiger partial charge is 1.00 e. The van der Waals surface area contributed by atoms with E-state index in [-0.39, 0.29) is 76.1 Å². The van der Waals surface area contributed by atoms with Crippen LogP contribution < -0.4 is 74.8 Å². The molecule has 242 valence electrons. The summed E-state index contributed by atoms with van der Waals surface area (Å²) in [6.07, 6.45) is -4.20. The molecular weight excluding hydrogens is 682 g/mol. The van der Waals surface area contributed by atoms with Crippen LogP contribution in [0.15, 0.2) is 37.2 Å². The van der Waals surface area contributed by atoms with Gasteiger partial charge in [0.25, 0.3) is 7.82 Å². The molecule has 2 unspecified atom stereocenters. The summed E-state index contributed by atoms with van der Waals surface area (Å²) in [7, 11) is -11.0. The number of nitrogen functional groups attached to an aromatic ring is 1. The molecule has 0 spiro atoms. The number of hydrogen-bond donors (Lipinski definition) is 7. The van der Waals surface area contributed by atoms with E-state index in [0.29, 0.717) is 0 Å². The monoisotopic (exact) mass is 709 g/mol. The minimum absolute atomic E-state index is 0. The van der Waals surface area contributed by atoms with Gasteiger partial charge in [0.05, 0.1) is 19.5 Å². The molecule has 46 heavy (non-hydrogen) atoms. The van der Waals surface area contributed by atoms with Gasteiger partial charge in [-0.1, -0.05) is 12.2 Å². The molecule has 10 atom stereocenters. The predicted molar refractivity (Wildman–Crippen MR) is 138 cm³/mol. The number of aromatic nitrogens is 4. The summed E-state index contributed by atoms with van der Waals surface area (Å²) in [6.45, 7) is -1.87. The van der Waals surface area contributed by atoms with Crippen LogP contribution in [0.1, 0.15) is 6.23 Å². The first kappa shape index (κ1) is 39.6. The van der Waals surface area contributed by atoms with Crippen LogP contribution in [0.25, 0.3) is 11.2 Å². The first-order valence-electron chi connectivity index (χ1n) is 12.7. The number of aliphatic hydroxyl groups is 4. The Bertz CT molecular complexity index is 1540. The van der Waals surface area contributed by atoms with Crippen molar-refractivity contribution in [3.05, 3.63) is 37.2 Å². The maximum absolute atomic E-state index is 12.4. The standard InChI is InChI=1S/C21H29N7O14P2.2Na/c22-17-12-19(25-7-24-17)28(8-26-12)21-16(32)14(30)11(41-21)6-39-44(36,37)42-43(34,35)38-5-10-13(29)15(31)20(40-10)27-3-1-9(2-4-27)18(23)33;;/h1-4,7-11,13-16,20-21,29-32H,5-6H2,(H2,23,33)(H,34,35)(H,36,37)(H2,22,24,25);;/q;2*+1/p-2/t10-,11-,13+,14-,15+,16-,20-,21-;;/m1../s1. The molecular formula is C21H27N7Na2O14P2. The zero-order chi connectivity index (χ0) is 32.0. The third kappa shape index (κ3) is 8.64. The fourth-order valence-corrected chi connectivity index (χ4v) is 6.67. The Kier molecular flexibility index (Phi) is 13.6. The van der Waals surface area contributed by atoms with Gasteiger partial charge in [0.1, 0.15) is 48.5 Å². The average Bonchev–Trinajstić information content (AvgIpc) is 3.61. The average molecular weight is 709 g/mol. The van der Waals surface area contributed by atoms with Gasteiger partial charge < -0.3 is 65.4 Å². The van der Waals surface area contributed by atoms with Crippen molar-refractivity contribution in [1.29, 1.82) is 5.41 Å². The Morgan fingerprint density at radius 3 is 2.13 bits per heavy atom. The molecule has 3 aliphatic rings. The third-order valence-corrected chi connectivity index (χ3v) is 9.43. The number of anilines is 1.